The van der Waals surface area contributed by atoms with Crippen molar-refractivity contribution in [1.29, 1.82) is 0 Å². The molecule has 0 aliphatic carbocycles. The van der Waals surface area contributed by atoms with Crippen LogP contribution in [-0.4, -0.2) is 37.9 Å². The van der Waals surface area contributed by atoms with Gasteiger partial charge in [-0.1, -0.05) is 36.4 Å². The minimum Gasteiger partial charge on any atom is -0.744 e. The van der Waals surface area contributed by atoms with Gasteiger partial charge < -0.3 is 18.6 Å². The van der Waals surface area contributed by atoms with E-state index in [1.54, 1.807) is 12.1 Å². The van der Waals surface area contributed by atoms with Gasteiger partial charge in [-0.15, -0.1) is 0 Å². The van der Waals surface area contributed by atoms with E-state index in [-0.39, 0.29) is 76.3 Å². The number of hydrogen-bond donors (Lipinski definition) is 0. The molecule has 0 aliphatic rings. The van der Waals surface area contributed by atoms with Crippen LogP contribution in [0.15, 0.2) is 82.6 Å². The maximum atomic E-state index is 12.4. The van der Waals surface area contributed by atoms with Crippen LogP contribution in [0.4, 0.5) is 0 Å². The number of rotatable bonds is 6. The third-order valence-electron chi connectivity index (χ3n) is 3.97. The molecule has 3 aromatic rings. The van der Waals surface area contributed by atoms with E-state index in [9.17, 15) is 35.5 Å². The summed E-state index contributed by atoms with van der Waals surface area (Å²) in [6.45, 7) is 0. The van der Waals surface area contributed by atoms with E-state index in [0.717, 1.165) is 0 Å². The summed E-state index contributed by atoms with van der Waals surface area (Å²) >= 11 is 0. The largest absolute Gasteiger partial charge is 1.00 e. The predicted octanol–water partition coefficient (Wildman–Crippen LogP) is -4.06. The van der Waals surface area contributed by atoms with E-state index in [0.29, 0.717) is 6.07 Å². The maximum absolute atomic E-state index is 12.4. The standard InChI is InChI=1S/C20H14O10S2.2Na/c21-19(13-7-3-1-4-8-13)29-16-11-15(31(23,24)25)12-17(32(26,27)28)18(16)30-20(22)14-9-5-2-6-10-14;;/h1-12H,(H,23,24,25)(H,26,27,28);;/q;2*+1/p-2. The van der Waals surface area contributed by atoms with E-state index in [1.807, 2.05) is 0 Å². The minimum absolute atomic E-state index is 0. The molecule has 10 nitrogen and oxygen atoms in total. The Labute approximate surface area is 239 Å². The number of carbonyl (C=O) groups is 2. The first-order chi connectivity index (χ1) is 15.0. The second-order valence-electron chi connectivity index (χ2n) is 6.17. The topological polar surface area (TPSA) is 167 Å². The molecular formula is C20H12Na2O10S2. The number of benzene rings is 3. The quantitative estimate of drug-likeness (QED) is 0.135. The van der Waals surface area contributed by atoms with Crippen LogP contribution in [0.1, 0.15) is 20.7 Å². The molecule has 0 N–H and O–H groups in total. The van der Waals surface area contributed by atoms with Gasteiger partial charge in [0.15, 0.2) is 11.5 Å². The minimum atomic E-state index is -5.49. The molecule has 0 fully saturated rings. The Morgan fingerprint density at radius 1 is 0.647 bits per heavy atom. The Hall–Kier alpha value is -1.58. The third kappa shape index (κ3) is 7.71. The number of carbonyl (C=O) groups excluding carboxylic acids is 2. The fourth-order valence-electron chi connectivity index (χ4n) is 2.52. The van der Waals surface area contributed by atoms with Gasteiger partial charge in [-0.3, -0.25) is 0 Å². The van der Waals surface area contributed by atoms with Crippen LogP contribution in [-0.2, 0) is 20.2 Å². The third-order valence-corrected chi connectivity index (χ3v) is 5.62. The average Bonchev–Trinajstić information content (AvgIpc) is 2.74. The molecule has 0 spiro atoms. The molecule has 0 heterocycles. The van der Waals surface area contributed by atoms with Crippen molar-refractivity contribution in [2.45, 2.75) is 9.79 Å². The zero-order valence-electron chi connectivity index (χ0n) is 17.8. The molecule has 0 aromatic heterocycles. The SMILES string of the molecule is O=C(Oc1cc(S(=O)(=O)[O-])cc(S(=O)(=O)[O-])c1OC(=O)c1ccccc1)c1ccccc1.[Na+].[Na+]. The summed E-state index contributed by atoms with van der Waals surface area (Å²) in [6, 6.07) is 15.1. The van der Waals surface area contributed by atoms with Gasteiger partial charge in [-0.05, 0) is 30.3 Å². The van der Waals surface area contributed by atoms with Gasteiger partial charge in [0.05, 0.1) is 16.0 Å². The fraction of sp³-hybridized carbons (Fsp3) is 0. The Morgan fingerprint density at radius 2 is 1.09 bits per heavy atom. The summed E-state index contributed by atoms with van der Waals surface area (Å²) in [7, 11) is -10.8. The van der Waals surface area contributed by atoms with Crippen molar-refractivity contribution in [3.05, 3.63) is 83.9 Å². The molecule has 0 saturated heterocycles. The second kappa shape index (κ2) is 12.4. The van der Waals surface area contributed by atoms with E-state index >= 15 is 0 Å². The van der Waals surface area contributed by atoms with Crippen LogP contribution in [0.25, 0.3) is 0 Å². The summed E-state index contributed by atoms with van der Waals surface area (Å²) in [5, 5.41) is 0. The first-order valence-corrected chi connectivity index (χ1v) is 11.4. The number of ether oxygens (including phenoxy) is 2. The number of hydrogen-bond acceptors (Lipinski definition) is 10. The van der Waals surface area contributed by atoms with Crippen molar-refractivity contribution in [3.8, 4) is 11.5 Å². The maximum Gasteiger partial charge on any atom is 1.00 e. The van der Waals surface area contributed by atoms with Gasteiger partial charge in [-0.25, -0.2) is 26.4 Å². The molecule has 0 aliphatic heterocycles. The molecule has 34 heavy (non-hydrogen) atoms. The van der Waals surface area contributed by atoms with Crippen molar-refractivity contribution in [3.63, 3.8) is 0 Å². The van der Waals surface area contributed by atoms with E-state index in [1.165, 1.54) is 48.5 Å². The Balaban J connectivity index is 0.00000289. The van der Waals surface area contributed by atoms with Crippen LogP contribution in [0.3, 0.4) is 0 Å². The van der Waals surface area contributed by atoms with Gasteiger partial charge in [0.2, 0.25) is 0 Å². The second-order valence-corrected chi connectivity index (χ2v) is 8.90. The molecule has 0 bridgehead atoms. The molecular weight excluding hydrogens is 510 g/mol. The van der Waals surface area contributed by atoms with Gasteiger partial charge in [0.1, 0.15) is 25.1 Å². The van der Waals surface area contributed by atoms with Gasteiger partial charge in [0, 0.05) is 6.07 Å². The van der Waals surface area contributed by atoms with E-state index < -0.39 is 53.5 Å². The summed E-state index contributed by atoms with van der Waals surface area (Å²) in [6.07, 6.45) is 0. The van der Waals surface area contributed by atoms with Crippen molar-refractivity contribution in [1.82, 2.24) is 0 Å². The zero-order valence-corrected chi connectivity index (χ0v) is 23.5. The smallest absolute Gasteiger partial charge is 0.744 e. The predicted molar refractivity (Wildman–Crippen MR) is 105 cm³/mol. The van der Waals surface area contributed by atoms with Crippen molar-refractivity contribution in [2.75, 3.05) is 0 Å². The zero-order chi connectivity index (χ0) is 23.5. The first-order valence-electron chi connectivity index (χ1n) is 8.61. The first kappa shape index (κ1) is 30.5. The Bertz CT molecular complexity index is 1390. The molecule has 166 valence electrons. The summed E-state index contributed by atoms with van der Waals surface area (Å²) in [5.41, 5.74) is -0.0858. The molecule has 3 rings (SSSR count). The molecule has 3 aromatic carbocycles. The van der Waals surface area contributed by atoms with Crippen molar-refractivity contribution in [2.24, 2.45) is 0 Å². The molecule has 0 amide bonds. The molecule has 0 unspecified atom stereocenters. The van der Waals surface area contributed by atoms with Crippen LogP contribution < -0.4 is 68.6 Å². The van der Waals surface area contributed by atoms with E-state index in [4.69, 9.17) is 9.47 Å². The van der Waals surface area contributed by atoms with Gasteiger partial charge in [0.25, 0.3) is 0 Å². The van der Waals surface area contributed by atoms with E-state index in [2.05, 4.69) is 0 Å². The van der Waals surface area contributed by atoms with Crippen LogP contribution in [0.2, 0.25) is 0 Å². The van der Waals surface area contributed by atoms with Crippen molar-refractivity contribution >= 4 is 32.2 Å². The van der Waals surface area contributed by atoms with Crippen LogP contribution >= 0.6 is 0 Å². The summed E-state index contributed by atoms with van der Waals surface area (Å²) < 4.78 is 79.8. The van der Waals surface area contributed by atoms with Gasteiger partial charge >= 0.3 is 71.1 Å². The summed E-state index contributed by atoms with van der Waals surface area (Å²) in [4.78, 5) is 22.3. The number of esters is 2. The molecule has 0 saturated carbocycles. The molecule has 0 atom stereocenters. The molecule has 0 radical (unpaired) electrons. The monoisotopic (exact) mass is 522 g/mol. The van der Waals surface area contributed by atoms with Crippen LogP contribution in [0, 0.1) is 0 Å². The van der Waals surface area contributed by atoms with Crippen molar-refractivity contribution < 1.29 is 104 Å². The molecule has 14 heteroatoms. The Morgan fingerprint density at radius 3 is 1.50 bits per heavy atom. The normalized spacial score (nSPS) is 10.9. The summed E-state index contributed by atoms with van der Waals surface area (Å²) in [5.74, 6) is -4.19. The van der Waals surface area contributed by atoms with Crippen LogP contribution in [0.5, 0.6) is 11.5 Å². The Kier molecular flexibility index (Phi) is 11.1. The average molecular weight is 522 g/mol. The fourth-order valence-corrected chi connectivity index (χ4v) is 3.75. The van der Waals surface area contributed by atoms with Gasteiger partial charge in [-0.2, -0.15) is 0 Å².